The maximum Gasteiger partial charge on any atom is 0.354 e. The van der Waals surface area contributed by atoms with Crippen molar-refractivity contribution in [3.05, 3.63) is 58.7 Å². The second-order valence-corrected chi connectivity index (χ2v) is 4.28. The van der Waals surface area contributed by atoms with Crippen LogP contribution in [-0.2, 0) is 6.42 Å². The Labute approximate surface area is 105 Å². The van der Waals surface area contributed by atoms with Crippen LogP contribution in [0.4, 0.5) is 0 Å². The van der Waals surface area contributed by atoms with Crippen LogP contribution >= 0.6 is 0 Å². The van der Waals surface area contributed by atoms with Gasteiger partial charge >= 0.3 is 5.97 Å². The van der Waals surface area contributed by atoms with E-state index in [0.29, 0.717) is 17.9 Å². The number of rotatable bonds is 3. The lowest BCUT2D eigenvalue weighted by molar-refractivity contribution is 0.0689. The Hall–Kier alpha value is -2.23. The predicted octanol–water partition coefficient (Wildman–Crippen LogP) is 2.38. The summed E-state index contributed by atoms with van der Waals surface area (Å²) in [4.78, 5) is 19.2. The zero-order valence-corrected chi connectivity index (χ0v) is 10.3. The number of aromatic nitrogens is 2. The van der Waals surface area contributed by atoms with E-state index in [-0.39, 0.29) is 5.69 Å². The summed E-state index contributed by atoms with van der Waals surface area (Å²) in [5.41, 5.74) is 2.98. The predicted molar refractivity (Wildman–Crippen MR) is 67.7 cm³/mol. The minimum Gasteiger partial charge on any atom is -0.477 e. The van der Waals surface area contributed by atoms with Gasteiger partial charge in [-0.1, -0.05) is 29.8 Å². The third-order valence-electron chi connectivity index (χ3n) is 2.60. The van der Waals surface area contributed by atoms with Crippen LogP contribution in [0.25, 0.3) is 0 Å². The molecule has 1 N–H and O–H groups in total. The molecule has 0 fully saturated rings. The third-order valence-corrected chi connectivity index (χ3v) is 2.60. The van der Waals surface area contributed by atoms with E-state index < -0.39 is 5.97 Å². The number of hydrogen-bond donors (Lipinski definition) is 1. The summed E-state index contributed by atoms with van der Waals surface area (Å²) >= 11 is 0. The maximum atomic E-state index is 10.9. The molecule has 18 heavy (non-hydrogen) atoms. The van der Waals surface area contributed by atoms with E-state index >= 15 is 0 Å². The molecule has 92 valence electrons. The molecule has 0 unspecified atom stereocenters. The second-order valence-electron chi connectivity index (χ2n) is 4.28. The quantitative estimate of drug-likeness (QED) is 0.897. The number of carboxylic acids is 1. The van der Waals surface area contributed by atoms with Crippen molar-refractivity contribution >= 4 is 5.97 Å². The van der Waals surface area contributed by atoms with Crippen LogP contribution in [0.15, 0.2) is 30.3 Å². The van der Waals surface area contributed by atoms with Crippen molar-refractivity contribution in [3.8, 4) is 0 Å². The van der Waals surface area contributed by atoms with E-state index in [1.54, 1.807) is 6.92 Å². The lowest BCUT2D eigenvalue weighted by atomic mass is 10.1. The van der Waals surface area contributed by atoms with Crippen LogP contribution in [-0.4, -0.2) is 21.0 Å². The van der Waals surface area contributed by atoms with Gasteiger partial charge in [0.25, 0.3) is 0 Å². The molecule has 0 aliphatic rings. The standard InChI is InChI=1S/C14H14N2O2/c1-9-3-5-11(6-4-9)8-13-15-10(2)7-12(16-13)14(17)18/h3-7H,8H2,1-2H3,(H,17,18). The summed E-state index contributed by atoms with van der Waals surface area (Å²) in [6.45, 7) is 3.79. The first kappa shape index (κ1) is 12.2. The number of aryl methyl sites for hydroxylation is 2. The van der Waals surface area contributed by atoms with Gasteiger partial charge in [-0.3, -0.25) is 0 Å². The summed E-state index contributed by atoms with van der Waals surface area (Å²) in [5, 5.41) is 8.95. The van der Waals surface area contributed by atoms with Gasteiger partial charge < -0.3 is 5.11 Å². The molecule has 0 saturated heterocycles. The minimum atomic E-state index is -1.02. The smallest absolute Gasteiger partial charge is 0.354 e. The van der Waals surface area contributed by atoms with Crippen LogP contribution in [0.1, 0.15) is 33.1 Å². The lowest BCUT2D eigenvalue weighted by Gasteiger charge is -2.04. The largest absolute Gasteiger partial charge is 0.477 e. The zero-order chi connectivity index (χ0) is 13.1. The first-order valence-electron chi connectivity index (χ1n) is 5.68. The van der Waals surface area contributed by atoms with E-state index in [4.69, 9.17) is 5.11 Å². The van der Waals surface area contributed by atoms with Gasteiger partial charge in [-0.2, -0.15) is 0 Å². The number of hydrogen-bond acceptors (Lipinski definition) is 3. The van der Waals surface area contributed by atoms with Gasteiger partial charge in [0.05, 0.1) is 0 Å². The van der Waals surface area contributed by atoms with Crippen LogP contribution in [0.5, 0.6) is 0 Å². The fraction of sp³-hybridized carbons (Fsp3) is 0.214. The second kappa shape index (κ2) is 4.96. The summed E-state index contributed by atoms with van der Waals surface area (Å²) in [6, 6.07) is 9.51. The van der Waals surface area contributed by atoms with Crippen LogP contribution in [0, 0.1) is 13.8 Å². The molecule has 0 aliphatic carbocycles. The summed E-state index contributed by atoms with van der Waals surface area (Å²) in [7, 11) is 0. The monoisotopic (exact) mass is 242 g/mol. The topological polar surface area (TPSA) is 63.1 Å². The molecule has 1 aromatic carbocycles. The van der Waals surface area contributed by atoms with Gasteiger partial charge in [-0.25, -0.2) is 14.8 Å². The average Bonchev–Trinajstić information content (AvgIpc) is 2.31. The minimum absolute atomic E-state index is 0.0459. The Morgan fingerprint density at radius 3 is 2.44 bits per heavy atom. The molecule has 0 aliphatic heterocycles. The van der Waals surface area contributed by atoms with Crippen molar-refractivity contribution in [1.82, 2.24) is 9.97 Å². The van der Waals surface area contributed by atoms with E-state index in [0.717, 1.165) is 5.56 Å². The van der Waals surface area contributed by atoms with Crippen molar-refractivity contribution in [2.24, 2.45) is 0 Å². The lowest BCUT2D eigenvalue weighted by Crippen LogP contribution is -2.07. The Kier molecular flexibility index (Phi) is 3.37. The van der Waals surface area contributed by atoms with Gasteiger partial charge in [-0.15, -0.1) is 0 Å². The van der Waals surface area contributed by atoms with E-state index in [1.807, 2.05) is 31.2 Å². The molecular formula is C14H14N2O2. The average molecular weight is 242 g/mol. The Balaban J connectivity index is 2.28. The highest BCUT2D eigenvalue weighted by Gasteiger charge is 2.08. The highest BCUT2D eigenvalue weighted by Crippen LogP contribution is 2.09. The molecule has 2 rings (SSSR count). The van der Waals surface area contributed by atoms with Gasteiger partial charge in [-0.05, 0) is 25.5 Å². The molecule has 2 aromatic rings. The summed E-state index contributed by atoms with van der Waals surface area (Å²) < 4.78 is 0. The van der Waals surface area contributed by atoms with Crippen molar-refractivity contribution in [3.63, 3.8) is 0 Å². The molecule has 0 atom stereocenters. The normalized spacial score (nSPS) is 10.3. The zero-order valence-electron chi connectivity index (χ0n) is 10.3. The molecule has 0 bridgehead atoms. The van der Waals surface area contributed by atoms with Crippen LogP contribution in [0.3, 0.4) is 0 Å². The molecule has 0 saturated carbocycles. The van der Waals surface area contributed by atoms with Crippen molar-refractivity contribution < 1.29 is 9.90 Å². The fourth-order valence-corrected chi connectivity index (χ4v) is 1.71. The van der Waals surface area contributed by atoms with E-state index in [9.17, 15) is 4.79 Å². The SMILES string of the molecule is Cc1ccc(Cc2nc(C)cc(C(=O)O)n2)cc1. The molecule has 1 heterocycles. The first-order chi connectivity index (χ1) is 8.54. The first-order valence-corrected chi connectivity index (χ1v) is 5.68. The van der Waals surface area contributed by atoms with Gasteiger partial charge in [0, 0.05) is 12.1 Å². The third kappa shape index (κ3) is 2.91. The summed E-state index contributed by atoms with van der Waals surface area (Å²) in [6.07, 6.45) is 0.544. The van der Waals surface area contributed by atoms with Crippen molar-refractivity contribution in [1.29, 1.82) is 0 Å². The molecule has 1 aromatic heterocycles. The van der Waals surface area contributed by atoms with E-state index in [1.165, 1.54) is 11.6 Å². The maximum absolute atomic E-state index is 10.9. The Morgan fingerprint density at radius 1 is 1.17 bits per heavy atom. The van der Waals surface area contributed by atoms with Crippen molar-refractivity contribution in [2.45, 2.75) is 20.3 Å². The molecular weight excluding hydrogens is 228 g/mol. The van der Waals surface area contributed by atoms with E-state index in [2.05, 4.69) is 9.97 Å². The number of carboxylic acid groups (broad SMARTS) is 1. The molecule has 0 radical (unpaired) electrons. The Bertz CT molecular complexity index is 577. The van der Waals surface area contributed by atoms with Crippen LogP contribution < -0.4 is 0 Å². The van der Waals surface area contributed by atoms with Crippen LogP contribution in [0.2, 0.25) is 0 Å². The molecule has 4 heteroatoms. The highest BCUT2D eigenvalue weighted by molar-refractivity contribution is 5.85. The molecule has 0 amide bonds. The number of benzene rings is 1. The molecule has 0 spiro atoms. The summed E-state index contributed by atoms with van der Waals surface area (Å²) in [5.74, 6) is -0.484. The van der Waals surface area contributed by atoms with Gasteiger partial charge in [0.15, 0.2) is 5.69 Å². The number of nitrogens with zero attached hydrogens (tertiary/aromatic N) is 2. The number of carbonyl (C=O) groups is 1. The number of aromatic carboxylic acids is 1. The van der Waals surface area contributed by atoms with Crippen molar-refractivity contribution in [2.75, 3.05) is 0 Å². The highest BCUT2D eigenvalue weighted by atomic mass is 16.4. The van der Waals surface area contributed by atoms with Gasteiger partial charge in [0.2, 0.25) is 0 Å². The van der Waals surface area contributed by atoms with Gasteiger partial charge in [0.1, 0.15) is 5.82 Å². The Morgan fingerprint density at radius 2 is 1.83 bits per heavy atom. The fourth-order valence-electron chi connectivity index (χ4n) is 1.71. The molecule has 4 nitrogen and oxygen atoms in total.